The summed E-state index contributed by atoms with van der Waals surface area (Å²) in [4.78, 5) is 18.8. The van der Waals surface area contributed by atoms with Crippen molar-refractivity contribution in [3.05, 3.63) is 65.7 Å². The molecule has 0 unspecified atom stereocenters. The van der Waals surface area contributed by atoms with Crippen LogP contribution in [0.4, 0.5) is 0 Å². The van der Waals surface area contributed by atoms with Gasteiger partial charge in [-0.15, -0.1) is 24.0 Å². The number of ether oxygens (including phenoxy) is 1. The summed E-state index contributed by atoms with van der Waals surface area (Å²) in [5, 5.41) is 6.46. The number of hydrogen-bond donors (Lipinski definition) is 2. The standard InChI is InChI=1S/C23H32N4O2.HI/c1-4-24-23(26-17-20-13-9-10-14-21(20)29-5-2)25-16-15-22(28)27(3)18-19-11-7-6-8-12-19;/h6-14H,4-5,15-18H2,1-3H3,(H2,24,25,26);1H. The van der Waals surface area contributed by atoms with Crippen LogP contribution in [-0.4, -0.2) is 43.5 Å². The zero-order valence-corrected chi connectivity index (χ0v) is 20.4. The summed E-state index contributed by atoms with van der Waals surface area (Å²) in [6, 6.07) is 17.9. The topological polar surface area (TPSA) is 66.0 Å². The van der Waals surface area contributed by atoms with Gasteiger partial charge in [0.25, 0.3) is 0 Å². The summed E-state index contributed by atoms with van der Waals surface area (Å²) in [5.74, 6) is 1.64. The molecule has 0 aliphatic heterocycles. The minimum absolute atomic E-state index is 0. The normalized spacial score (nSPS) is 10.7. The summed E-state index contributed by atoms with van der Waals surface area (Å²) in [5.41, 5.74) is 2.16. The van der Waals surface area contributed by atoms with E-state index in [2.05, 4.69) is 15.6 Å². The third-order valence-electron chi connectivity index (χ3n) is 4.34. The quantitative estimate of drug-likeness (QED) is 0.282. The van der Waals surface area contributed by atoms with Crippen LogP contribution in [0.1, 0.15) is 31.4 Å². The Morgan fingerprint density at radius 1 is 1.03 bits per heavy atom. The van der Waals surface area contributed by atoms with Crippen LogP contribution in [0, 0.1) is 0 Å². The Labute approximate surface area is 197 Å². The second kappa shape index (κ2) is 14.7. The molecule has 0 radical (unpaired) electrons. The predicted octanol–water partition coefficient (Wildman–Crippen LogP) is 3.81. The van der Waals surface area contributed by atoms with Crippen molar-refractivity contribution in [3.63, 3.8) is 0 Å². The van der Waals surface area contributed by atoms with Crippen molar-refractivity contribution >= 4 is 35.8 Å². The highest BCUT2D eigenvalue weighted by Gasteiger charge is 2.09. The lowest BCUT2D eigenvalue weighted by Crippen LogP contribution is -2.39. The Kier molecular flexibility index (Phi) is 12.6. The first kappa shape index (κ1) is 25.7. The van der Waals surface area contributed by atoms with Crippen molar-refractivity contribution in [1.82, 2.24) is 15.5 Å². The minimum atomic E-state index is 0. The number of nitrogens with one attached hydrogen (secondary N) is 2. The monoisotopic (exact) mass is 524 g/mol. The maximum atomic E-state index is 12.4. The lowest BCUT2D eigenvalue weighted by atomic mass is 10.2. The van der Waals surface area contributed by atoms with E-state index in [-0.39, 0.29) is 29.9 Å². The van der Waals surface area contributed by atoms with Gasteiger partial charge in [-0.3, -0.25) is 4.79 Å². The molecule has 0 atom stereocenters. The molecule has 2 rings (SSSR count). The zero-order chi connectivity index (χ0) is 20.9. The van der Waals surface area contributed by atoms with Crippen LogP contribution >= 0.6 is 24.0 Å². The van der Waals surface area contributed by atoms with Gasteiger partial charge in [0.1, 0.15) is 5.75 Å². The highest BCUT2D eigenvalue weighted by atomic mass is 127. The SMILES string of the molecule is CCNC(=NCc1ccccc1OCC)NCCC(=O)N(C)Cc1ccccc1.I. The van der Waals surface area contributed by atoms with Gasteiger partial charge >= 0.3 is 0 Å². The molecule has 2 N–H and O–H groups in total. The van der Waals surface area contributed by atoms with E-state index in [1.54, 1.807) is 4.90 Å². The first-order valence-corrected chi connectivity index (χ1v) is 10.1. The van der Waals surface area contributed by atoms with Gasteiger partial charge in [0.2, 0.25) is 5.91 Å². The van der Waals surface area contributed by atoms with Crippen LogP contribution in [-0.2, 0) is 17.9 Å². The Bertz CT molecular complexity index is 784. The molecule has 164 valence electrons. The zero-order valence-electron chi connectivity index (χ0n) is 18.1. The summed E-state index contributed by atoms with van der Waals surface area (Å²) in [6.45, 7) is 7.01. The highest BCUT2D eigenvalue weighted by Crippen LogP contribution is 2.18. The molecule has 0 heterocycles. The van der Waals surface area contributed by atoms with E-state index in [9.17, 15) is 4.79 Å². The molecule has 0 saturated carbocycles. The molecule has 0 aromatic heterocycles. The lowest BCUT2D eigenvalue weighted by Gasteiger charge is -2.18. The van der Waals surface area contributed by atoms with E-state index in [4.69, 9.17) is 4.74 Å². The Balaban J connectivity index is 0.00000450. The number of rotatable bonds is 10. The molecule has 0 bridgehead atoms. The molecular weight excluding hydrogens is 491 g/mol. The van der Waals surface area contributed by atoms with Gasteiger partial charge in [-0.1, -0.05) is 48.5 Å². The molecular formula is C23H33IN4O2. The van der Waals surface area contributed by atoms with Crippen molar-refractivity contribution < 1.29 is 9.53 Å². The largest absolute Gasteiger partial charge is 0.494 e. The molecule has 2 aromatic carbocycles. The van der Waals surface area contributed by atoms with Gasteiger partial charge < -0.3 is 20.3 Å². The number of para-hydroxylation sites is 1. The van der Waals surface area contributed by atoms with E-state index in [1.807, 2.05) is 75.5 Å². The number of benzene rings is 2. The van der Waals surface area contributed by atoms with Gasteiger partial charge in [0, 0.05) is 38.7 Å². The fourth-order valence-electron chi connectivity index (χ4n) is 2.86. The van der Waals surface area contributed by atoms with Crippen molar-refractivity contribution in [1.29, 1.82) is 0 Å². The fraction of sp³-hybridized carbons (Fsp3) is 0.391. The number of carbonyl (C=O) groups excluding carboxylic acids is 1. The summed E-state index contributed by atoms with van der Waals surface area (Å²) >= 11 is 0. The third-order valence-corrected chi connectivity index (χ3v) is 4.34. The maximum Gasteiger partial charge on any atom is 0.224 e. The lowest BCUT2D eigenvalue weighted by molar-refractivity contribution is -0.130. The number of amides is 1. The average Bonchev–Trinajstić information content (AvgIpc) is 2.73. The van der Waals surface area contributed by atoms with Crippen LogP contribution in [0.5, 0.6) is 5.75 Å². The van der Waals surface area contributed by atoms with Crippen LogP contribution in [0.2, 0.25) is 0 Å². The van der Waals surface area contributed by atoms with Crippen molar-refractivity contribution in [3.8, 4) is 5.75 Å². The molecule has 0 fully saturated rings. The highest BCUT2D eigenvalue weighted by molar-refractivity contribution is 14.0. The molecule has 1 amide bonds. The van der Waals surface area contributed by atoms with E-state index in [1.165, 1.54) is 0 Å². The van der Waals surface area contributed by atoms with E-state index < -0.39 is 0 Å². The molecule has 0 aliphatic carbocycles. The van der Waals surface area contributed by atoms with Crippen LogP contribution < -0.4 is 15.4 Å². The average molecular weight is 524 g/mol. The van der Waals surface area contributed by atoms with Crippen LogP contribution in [0.15, 0.2) is 59.6 Å². The molecule has 0 spiro atoms. The minimum Gasteiger partial charge on any atom is -0.494 e. The van der Waals surface area contributed by atoms with Gasteiger partial charge in [-0.05, 0) is 25.5 Å². The molecule has 0 saturated heterocycles. The Morgan fingerprint density at radius 3 is 2.43 bits per heavy atom. The van der Waals surface area contributed by atoms with Crippen LogP contribution in [0.25, 0.3) is 0 Å². The van der Waals surface area contributed by atoms with Crippen molar-refractivity contribution in [2.24, 2.45) is 4.99 Å². The number of nitrogens with zero attached hydrogens (tertiary/aromatic N) is 2. The summed E-state index contributed by atoms with van der Waals surface area (Å²) in [7, 11) is 1.83. The molecule has 0 aliphatic rings. The number of carbonyl (C=O) groups is 1. The number of halogens is 1. The Hall–Kier alpha value is -2.29. The molecule has 6 nitrogen and oxygen atoms in total. The third kappa shape index (κ3) is 9.02. The van der Waals surface area contributed by atoms with E-state index in [0.29, 0.717) is 38.6 Å². The van der Waals surface area contributed by atoms with Gasteiger partial charge in [0.05, 0.1) is 13.2 Å². The first-order chi connectivity index (χ1) is 14.1. The van der Waals surface area contributed by atoms with Gasteiger partial charge in [-0.2, -0.15) is 0 Å². The smallest absolute Gasteiger partial charge is 0.224 e. The van der Waals surface area contributed by atoms with Crippen molar-refractivity contribution in [2.45, 2.75) is 33.4 Å². The summed E-state index contributed by atoms with van der Waals surface area (Å²) < 4.78 is 5.66. The second-order valence-corrected chi connectivity index (χ2v) is 6.65. The van der Waals surface area contributed by atoms with Gasteiger partial charge in [0.15, 0.2) is 5.96 Å². The second-order valence-electron chi connectivity index (χ2n) is 6.65. The maximum absolute atomic E-state index is 12.4. The summed E-state index contributed by atoms with van der Waals surface area (Å²) in [6.07, 6.45) is 0.406. The Morgan fingerprint density at radius 2 is 1.73 bits per heavy atom. The van der Waals surface area contributed by atoms with Crippen LogP contribution in [0.3, 0.4) is 0 Å². The molecule has 2 aromatic rings. The fourth-order valence-corrected chi connectivity index (χ4v) is 2.86. The predicted molar refractivity (Wildman–Crippen MR) is 133 cm³/mol. The van der Waals surface area contributed by atoms with E-state index in [0.717, 1.165) is 23.4 Å². The van der Waals surface area contributed by atoms with Gasteiger partial charge in [-0.25, -0.2) is 4.99 Å². The number of guanidine groups is 1. The van der Waals surface area contributed by atoms with E-state index >= 15 is 0 Å². The number of aliphatic imine (C=N–C) groups is 1. The molecule has 7 heteroatoms. The first-order valence-electron chi connectivity index (χ1n) is 10.1. The molecule has 30 heavy (non-hydrogen) atoms. The van der Waals surface area contributed by atoms with Crippen molar-refractivity contribution in [2.75, 3.05) is 26.7 Å². The number of hydrogen-bond acceptors (Lipinski definition) is 3.